The highest BCUT2D eigenvalue weighted by Crippen LogP contribution is 2.25. The van der Waals surface area contributed by atoms with Gasteiger partial charge in [0, 0.05) is 51.7 Å². The van der Waals surface area contributed by atoms with Crippen molar-refractivity contribution in [3.8, 4) is 0 Å². The maximum absolute atomic E-state index is 11.8. The van der Waals surface area contributed by atoms with E-state index in [1.165, 1.54) is 22.5 Å². The Kier molecular flexibility index (Phi) is 4.18. The summed E-state index contributed by atoms with van der Waals surface area (Å²) in [6.07, 6.45) is 3.71. The van der Waals surface area contributed by atoms with Gasteiger partial charge in [0.2, 0.25) is 0 Å². The molecule has 1 aromatic carbocycles. The zero-order chi connectivity index (χ0) is 16.5. The molecule has 1 aliphatic heterocycles. The van der Waals surface area contributed by atoms with E-state index in [9.17, 15) is 4.79 Å². The van der Waals surface area contributed by atoms with Gasteiger partial charge in [-0.05, 0) is 35.4 Å². The molecule has 1 aliphatic rings. The van der Waals surface area contributed by atoms with Crippen LogP contribution in [0.25, 0.3) is 10.2 Å². The van der Waals surface area contributed by atoms with Gasteiger partial charge < -0.3 is 9.88 Å². The summed E-state index contributed by atoms with van der Waals surface area (Å²) in [6.45, 7) is 3.85. The van der Waals surface area contributed by atoms with E-state index in [4.69, 9.17) is 0 Å². The number of benzene rings is 1. The summed E-state index contributed by atoms with van der Waals surface area (Å²) in [5, 5.41) is 3.48. The number of rotatable bonds is 3. The molecule has 1 fully saturated rings. The second-order valence-corrected chi connectivity index (χ2v) is 7.19. The van der Waals surface area contributed by atoms with Crippen LogP contribution >= 0.6 is 11.3 Å². The normalized spacial score (nSPS) is 19.0. The zero-order valence-corrected chi connectivity index (χ0v) is 14.4. The largest absolute Gasteiger partial charge is 0.314 e. The van der Waals surface area contributed by atoms with Gasteiger partial charge in [-0.15, -0.1) is 0 Å². The number of hydrogen-bond donors (Lipinski definition) is 1. The summed E-state index contributed by atoms with van der Waals surface area (Å²) in [4.78, 5) is 18.6. The van der Waals surface area contributed by atoms with Crippen molar-refractivity contribution in [2.45, 2.75) is 12.6 Å². The topological polar surface area (TPSA) is 50.2 Å². The third kappa shape index (κ3) is 2.88. The van der Waals surface area contributed by atoms with Gasteiger partial charge in [-0.2, -0.15) is 0 Å². The zero-order valence-electron chi connectivity index (χ0n) is 13.6. The summed E-state index contributed by atoms with van der Waals surface area (Å²) < 4.78 is 2.78. The van der Waals surface area contributed by atoms with Crippen LogP contribution in [-0.2, 0) is 13.6 Å². The van der Waals surface area contributed by atoms with Crippen molar-refractivity contribution in [2.75, 3.05) is 19.6 Å². The maximum atomic E-state index is 11.8. The molecular weight excluding hydrogens is 320 g/mol. The minimum Gasteiger partial charge on any atom is -0.314 e. The fraction of sp³-hybridized carbons (Fsp3) is 0.333. The van der Waals surface area contributed by atoms with E-state index in [0.29, 0.717) is 6.04 Å². The first-order chi connectivity index (χ1) is 11.7. The van der Waals surface area contributed by atoms with E-state index in [1.54, 1.807) is 4.57 Å². The molecule has 6 heteroatoms. The first-order valence-electron chi connectivity index (χ1n) is 8.15. The summed E-state index contributed by atoms with van der Waals surface area (Å²) in [5.74, 6) is 0. The van der Waals surface area contributed by atoms with E-state index < -0.39 is 0 Å². The molecule has 1 atom stereocenters. The Labute approximate surface area is 144 Å². The SMILES string of the molecule is Cn1c(=O)sc2cc(CN3CCNCC3c3ccncc3)ccc21. The van der Waals surface area contributed by atoms with Gasteiger partial charge >= 0.3 is 4.87 Å². The summed E-state index contributed by atoms with van der Waals surface area (Å²) in [5.41, 5.74) is 3.56. The molecule has 3 heterocycles. The number of hydrogen-bond acceptors (Lipinski definition) is 5. The molecule has 0 saturated carbocycles. The lowest BCUT2D eigenvalue weighted by atomic mass is 10.0. The molecule has 1 saturated heterocycles. The molecule has 0 radical (unpaired) electrons. The number of pyridine rings is 1. The van der Waals surface area contributed by atoms with Gasteiger partial charge in [-0.3, -0.25) is 14.7 Å². The van der Waals surface area contributed by atoms with Gasteiger partial charge in [-0.25, -0.2) is 0 Å². The molecule has 2 aromatic heterocycles. The van der Waals surface area contributed by atoms with Gasteiger partial charge in [0.25, 0.3) is 0 Å². The number of nitrogens with one attached hydrogen (secondary N) is 1. The minimum atomic E-state index is 0.0963. The molecule has 1 unspecified atom stereocenters. The average Bonchev–Trinajstić information content (AvgIpc) is 2.90. The predicted molar refractivity (Wildman–Crippen MR) is 97.3 cm³/mol. The summed E-state index contributed by atoms with van der Waals surface area (Å²) in [6, 6.07) is 10.9. The molecule has 0 bridgehead atoms. The van der Waals surface area contributed by atoms with Crippen LogP contribution in [0.3, 0.4) is 0 Å². The Morgan fingerprint density at radius 3 is 2.96 bits per heavy atom. The Balaban J connectivity index is 1.62. The van der Waals surface area contributed by atoms with Crippen molar-refractivity contribution in [3.63, 3.8) is 0 Å². The first kappa shape index (κ1) is 15.5. The van der Waals surface area contributed by atoms with Gasteiger partial charge in [0.15, 0.2) is 0 Å². The summed E-state index contributed by atoms with van der Waals surface area (Å²) in [7, 11) is 1.83. The van der Waals surface area contributed by atoms with Crippen molar-refractivity contribution >= 4 is 21.6 Å². The van der Waals surface area contributed by atoms with Crippen LogP contribution in [0.4, 0.5) is 0 Å². The second-order valence-electron chi connectivity index (χ2n) is 6.20. The van der Waals surface area contributed by atoms with Crippen molar-refractivity contribution in [2.24, 2.45) is 7.05 Å². The highest BCUT2D eigenvalue weighted by Gasteiger charge is 2.23. The molecule has 3 aromatic rings. The van der Waals surface area contributed by atoms with Crippen molar-refractivity contribution in [1.82, 2.24) is 19.8 Å². The molecule has 4 rings (SSSR count). The molecule has 0 amide bonds. The highest BCUT2D eigenvalue weighted by molar-refractivity contribution is 7.16. The van der Waals surface area contributed by atoms with Gasteiger partial charge in [0.1, 0.15) is 0 Å². The molecule has 0 spiro atoms. The molecular formula is C18H20N4OS. The maximum Gasteiger partial charge on any atom is 0.307 e. The lowest BCUT2D eigenvalue weighted by Gasteiger charge is -2.36. The van der Waals surface area contributed by atoms with Crippen molar-refractivity contribution < 1.29 is 0 Å². The number of nitrogens with zero attached hydrogens (tertiary/aromatic N) is 3. The Bertz CT molecular complexity index is 902. The van der Waals surface area contributed by atoms with Crippen LogP contribution in [0, 0.1) is 0 Å². The lowest BCUT2D eigenvalue weighted by molar-refractivity contribution is 0.154. The van der Waals surface area contributed by atoms with E-state index in [0.717, 1.165) is 36.4 Å². The quantitative estimate of drug-likeness (QED) is 0.794. The molecule has 5 nitrogen and oxygen atoms in total. The monoisotopic (exact) mass is 340 g/mol. The highest BCUT2D eigenvalue weighted by atomic mass is 32.1. The standard InChI is InChI=1S/C18H20N4OS/c1-21-15-3-2-13(10-17(15)24-18(21)23)12-22-9-8-20-11-16(22)14-4-6-19-7-5-14/h2-7,10,16,20H,8-9,11-12H2,1H3. The van der Waals surface area contributed by atoms with Crippen LogP contribution in [0.15, 0.2) is 47.5 Å². The lowest BCUT2D eigenvalue weighted by Crippen LogP contribution is -2.45. The molecule has 0 aliphatic carbocycles. The molecule has 124 valence electrons. The predicted octanol–water partition coefficient (Wildman–Crippen LogP) is 2.14. The van der Waals surface area contributed by atoms with E-state index in [2.05, 4.69) is 45.5 Å². The van der Waals surface area contributed by atoms with Crippen LogP contribution in [0.5, 0.6) is 0 Å². The number of piperazine rings is 1. The first-order valence-corrected chi connectivity index (χ1v) is 8.97. The smallest absolute Gasteiger partial charge is 0.307 e. The Morgan fingerprint density at radius 2 is 2.12 bits per heavy atom. The third-order valence-electron chi connectivity index (χ3n) is 4.69. The number of aryl methyl sites for hydroxylation is 1. The fourth-order valence-corrected chi connectivity index (χ4v) is 4.30. The minimum absolute atomic E-state index is 0.0963. The fourth-order valence-electron chi connectivity index (χ4n) is 3.36. The van der Waals surface area contributed by atoms with E-state index in [-0.39, 0.29) is 4.87 Å². The average molecular weight is 340 g/mol. The number of thiazole rings is 1. The Morgan fingerprint density at radius 1 is 1.29 bits per heavy atom. The second kappa shape index (κ2) is 6.47. The van der Waals surface area contributed by atoms with Crippen molar-refractivity contribution in [3.05, 3.63) is 63.5 Å². The Hall–Kier alpha value is -2.02. The van der Waals surface area contributed by atoms with Crippen LogP contribution in [-0.4, -0.2) is 34.1 Å². The number of fused-ring (bicyclic) bond motifs is 1. The van der Waals surface area contributed by atoms with Crippen LogP contribution < -0.4 is 10.2 Å². The third-order valence-corrected chi connectivity index (χ3v) is 5.68. The van der Waals surface area contributed by atoms with Gasteiger partial charge in [0.05, 0.1) is 10.2 Å². The molecule has 1 N–H and O–H groups in total. The summed E-state index contributed by atoms with van der Waals surface area (Å²) >= 11 is 1.32. The van der Waals surface area contributed by atoms with Crippen LogP contribution in [0.2, 0.25) is 0 Å². The number of aromatic nitrogens is 2. The van der Waals surface area contributed by atoms with Crippen molar-refractivity contribution in [1.29, 1.82) is 0 Å². The van der Waals surface area contributed by atoms with E-state index in [1.807, 2.05) is 19.4 Å². The van der Waals surface area contributed by atoms with Crippen LogP contribution in [0.1, 0.15) is 17.2 Å². The van der Waals surface area contributed by atoms with Gasteiger partial charge in [-0.1, -0.05) is 17.4 Å². The molecule has 24 heavy (non-hydrogen) atoms. The van der Waals surface area contributed by atoms with E-state index >= 15 is 0 Å².